The number of carbonyl (C=O) groups is 1. The van der Waals surface area contributed by atoms with E-state index in [4.69, 9.17) is 0 Å². The van der Waals surface area contributed by atoms with E-state index in [1.165, 1.54) is 23.9 Å². The number of nitrogens with zero attached hydrogens (tertiary/aromatic N) is 3. The van der Waals surface area contributed by atoms with Crippen LogP contribution in [0.5, 0.6) is 0 Å². The number of halogens is 2. The van der Waals surface area contributed by atoms with Gasteiger partial charge in [-0.3, -0.25) is 14.9 Å². The van der Waals surface area contributed by atoms with Gasteiger partial charge in [0.15, 0.2) is 11.6 Å². The number of hydrogen-bond donors (Lipinski definition) is 2. The molecule has 26 heavy (non-hydrogen) atoms. The average Bonchev–Trinajstić information content (AvgIpc) is 3.27. The molecule has 0 aliphatic rings. The number of amides is 1. The van der Waals surface area contributed by atoms with E-state index < -0.39 is 5.82 Å². The van der Waals surface area contributed by atoms with Crippen LogP contribution in [0.4, 0.5) is 9.39 Å². The molecule has 1 amide bonds. The first kappa shape index (κ1) is 16.8. The van der Waals surface area contributed by atoms with Crippen molar-refractivity contribution < 1.29 is 9.18 Å². The molecule has 3 aromatic heterocycles. The summed E-state index contributed by atoms with van der Waals surface area (Å²) >= 11 is 4.78. The van der Waals surface area contributed by atoms with Crippen LogP contribution in [0.3, 0.4) is 0 Å². The third-order valence-corrected chi connectivity index (χ3v) is 5.62. The van der Waals surface area contributed by atoms with E-state index in [1.54, 1.807) is 24.3 Å². The van der Waals surface area contributed by atoms with Crippen LogP contribution < -0.4 is 5.32 Å². The first-order valence-corrected chi connectivity index (χ1v) is 9.25. The molecule has 2 N–H and O–H groups in total. The maximum atomic E-state index is 14.6. The number of carbonyl (C=O) groups excluding carboxylic acids is 1. The van der Waals surface area contributed by atoms with Gasteiger partial charge in [-0.25, -0.2) is 9.37 Å². The van der Waals surface area contributed by atoms with E-state index in [1.807, 2.05) is 5.38 Å². The fraction of sp³-hybridized carbons (Fsp3) is 0.0588. The number of nitrogens with one attached hydrogen (secondary N) is 2. The Hall–Kier alpha value is -2.65. The second-order valence-corrected chi connectivity index (χ2v) is 7.19. The number of thiophene rings is 1. The fourth-order valence-corrected chi connectivity index (χ4v) is 4.24. The highest BCUT2D eigenvalue weighted by atomic mass is 79.9. The van der Waals surface area contributed by atoms with Gasteiger partial charge in [0.25, 0.3) is 0 Å². The van der Waals surface area contributed by atoms with Crippen molar-refractivity contribution in [2.75, 3.05) is 5.32 Å². The second-order valence-electron chi connectivity index (χ2n) is 5.46. The second kappa shape index (κ2) is 6.93. The van der Waals surface area contributed by atoms with Crippen molar-refractivity contribution in [3.05, 3.63) is 58.0 Å². The summed E-state index contributed by atoms with van der Waals surface area (Å²) in [4.78, 5) is 20.6. The molecule has 0 radical (unpaired) electrons. The molecule has 0 saturated carbocycles. The SMILES string of the molecule is O=C(Cc1ccc2cccnc2c1F)Nc1scc(Br)c1-c1ncn[nH]1. The molecule has 9 heteroatoms. The summed E-state index contributed by atoms with van der Waals surface area (Å²) in [6.07, 6.45) is 2.83. The fourth-order valence-electron chi connectivity index (χ4n) is 2.61. The zero-order valence-electron chi connectivity index (χ0n) is 13.2. The van der Waals surface area contributed by atoms with Crippen LogP contribution in [0.2, 0.25) is 0 Å². The maximum Gasteiger partial charge on any atom is 0.229 e. The molecule has 130 valence electrons. The zero-order valence-corrected chi connectivity index (χ0v) is 15.6. The number of pyridine rings is 1. The van der Waals surface area contributed by atoms with E-state index >= 15 is 0 Å². The number of benzene rings is 1. The van der Waals surface area contributed by atoms with Crippen LogP contribution in [0.1, 0.15) is 5.56 Å². The lowest BCUT2D eigenvalue weighted by molar-refractivity contribution is -0.115. The molecule has 4 rings (SSSR count). The molecular weight excluding hydrogens is 421 g/mol. The van der Waals surface area contributed by atoms with Crippen LogP contribution in [0.25, 0.3) is 22.3 Å². The van der Waals surface area contributed by atoms with Gasteiger partial charge in [0.2, 0.25) is 5.91 Å². The number of H-pyrrole nitrogens is 1. The Labute approximate surface area is 159 Å². The molecule has 0 bridgehead atoms. The Morgan fingerprint density at radius 2 is 2.19 bits per heavy atom. The van der Waals surface area contributed by atoms with Crippen LogP contribution in [-0.4, -0.2) is 26.1 Å². The van der Waals surface area contributed by atoms with E-state index in [0.29, 0.717) is 27.3 Å². The molecular formula is C17H11BrFN5OS. The molecule has 0 spiro atoms. The lowest BCUT2D eigenvalue weighted by Crippen LogP contribution is -2.15. The summed E-state index contributed by atoms with van der Waals surface area (Å²) in [5.41, 5.74) is 1.27. The summed E-state index contributed by atoms with van der Waals surface area (Å²) in [6.45, 7) is 0. The smallest absolute Gasteiger partial charge is 0.229 e. The summed E-state index contributed by atoms with van der Waals surface area (Å²) in [7, 11) is 0. The molecule has 6 nitrogen and oxygen atoms in total. The number of aromatic nitrogens is 4. The first-order valence-electron chi connectivity index (χ1n) is 7.58. The quantitative estimate of drug-likeness (QED) is 0.507. The van der Waals surface area contributed by atoms with Gasteiger partial charge in [-0.15, -0.1) is 11.3 Å². The minimum Gasteiger partial charge on any atom is -0.317 e. The largest absolute Gasteiger partial charge is 0.317 e. The summed E-state index contributed by atoms with van der Waals surface area (Å²) in [5, 5.41) is 12.6. The monoisotopic (exact) mass is 431 g/mol. The minimum atomic E-state index is -0.471. The van der Waals surface area contributed by atoms with Crippen LogP contribution in [-0.2, 0) is 11.2 Å². The topological polar surface area (TPSA) is 83.6 Å². The van der Waals surface area contributed by atoms with Gasteiger partial charge in [-0.05, 0) is 27.6 Å². The van der Waals surface area contributed by atoms with Crippen LogP contribution >= 0.6 is 27.3 Å². The third-order valence-electron chi connectivity index (χ3n) is 3.79. The van der Waals surface area contributed by atoms with Gasteiger partial charge in [0, 0.05) is 21.4 Å². The van der Waals surface area contributed by atoms with E-state index in [2.05, 4.69) is 41.4 Å². The number of aromatic amines is 1. The zero-order chi connectivity index (χ0) is 18.1. The molecule has 1 aromatic carbocycles. The first-order chi connectivity index (χ1) is 12.6. The third kappa shape index (κ3) is 3.11. The number of hydrogen-bond acceptors (Lipinski definition) is 5. The number of rotatable bonds is 4. The molecule has 3 heterocycles. The molecule has 0 saturated heterocycles. The molecule has 0 unspecified atom stereocenters. The van der Waals surface area contributed by atoms with Crippen molar-refractivity contribution in [1.29, 1.82) is 0 Å². The van der Waals surface area contributed by atoms with Crippen LogP contribution in [0, 0.1) is 5.82 Å². The van der Waals surface area contributed by atoms with Gasteiger partial charge in [0.1, 0.15) is 16.8 Å². The Morgan fingerprint density at radius 1 is 1.31 bits per heavy atom. The van der Waals surface area contributed by atoms with E-state index in [9.17, 15) is 9.18 Å². The summed E-state index contributed by atoms with van der Waals surface area (Å²) < 4.78 is 15.4. The number of anilines is 1. The lowest BCUT2D eigenvalue weighted by atomic mass is 10.1. The van der Waals surface area contributed by atoms with Gasteiger partial charge in [-0.2, -0.15) is 5.10 Å². The highest BCUT2D eigenvalue weighted by Gasteiger charge is 2.18. The van der Waals surface area contributed by atoms with Crippen molar-refractivity contribution in [2.45, 2.75) is 6.42 Å². The van der Waals surface area contributed by atoms with Gasteiger partial charge >= 0.3 is 0 Å². The molecule has 0 aliphatic carbocycles. The Bertz CT molecular complexity index is 1100. The Kier molecular flexibility index (Phi) is 4.48. The standard InChI is InChI=1S/C17H11BrFN5OS/c18-11-7-26-17(13(11)16-21-8-22-24-16)23-12(25)6-10-4-3-9-2-1-5-20-15(9)14(10)19/h1-5,7-8H,6H2,(H,23,25)(H,21,22,24). The minimum absolute atomic E-state index is 0.0935. The maximum absolute atomic E-state index is 14.6. The molecule has 4 aromatic rings. The van der Waals surface area contributed by atoms with Crippen molar-refractivity contribution in [3.8, 4) is 11.4 Å². The van der Waals surface area contributed by atoms with Crippen molar-refractivity contribution in [2.24, 2.45) is 0 Å². The Balaban J connectivity index is 1.58. The molecule has 0 fully saturated rings. The van der Waals surface area contributed by atoms with Crippen molar-refractivity contribution in [1.82, 2.24) is 20.2 Å². The Morgan fingerprint density at radius 3 is 3.00 bits per heavy atom. The van der Waals surface area contributed by atoms with Crippen molar-refractivity contribution in [3.63, 3.8) is 0 Å². The predicted molar refractivity (Wildman–Crippen MR) is 101 cm³/mol. The normalized spacial score (nSPS) is 11.0. The van der Waals surface area contributed by atoms with Crippen molar-refractivity contribution >= 4 is 49.1 Å². The predicted octanol–water partition coefficient (Wildman–Crippen LogP) is 4.16. The van der Waals surface area contributed by atoms with Gasteiger partial charge in [-0.1, -0.05) is 18.2 Å². The summed E-state index contributed by atoms with van der Waals surface area (Å²) in [5.74, 6) is -0.259. The van der Waals surface area contributed by atoms with E-state index in [0.717, 1.165) is 4.47 Å². The molecule has 0 aliphatic heterocycles. The molecule has 0 atom stereocenters. The highest BCUT2D eigenvalue weighted by molar-refractivity contribution is 9.10. The number of fused-ring (bicyclic) bond motifs is 1. The lowest BCUT2D eigenvalue weighted by Gasteiger charge is -2.08. The average molecular weight is 432 g/mol. The van der Waals surface area contributed by atoms with Gasteiger partial charge < -0.3 is 5.32 Å². The van der Waals surface area contributed by atoms with Crippen LogP contribution in [0.15, 0.2) is 46.6 Å². The highest BCUT2D eigenvalue weighted by Crippen LogP contribution is 2.38. The van der Waals surface area contributed by atoms with E-state index in [-0.39, 0.29) is 17.8 Å². The summed E-state index contributed by atoms with van der Waals surface area (Å²) in [6, 6.07) is 6.90. The van der Waals surface area contributed by atoms with Gasteiger partial charge in [0.05, 0.1) is 12.0 Å².